The normalized spacial score (nSPS) is 12.4. The van der Waals surface area contributed by atoms with Gasteiger partial charge in [-0.1, -0.05) is 23.7 Å². The zero-order chi connectivity index (χ0) is 13.7. The highest BCUT2D eigenvalue weighted by molar-refractivity contribution is 9.10. The van der Waals surface area contributed by atoms with Gasteiger partial charge in [0, 0.05) is 28.3 Å². The number of nitrogens with zero attached hydrogens (tertiary/aromatic N) is 1. The predicted octanol–water partition coefficient (Wildman–Crippen LogP) is 4.22. The van der Waals surface area contributed by atoms with Crippen LogP contribution >= 0.6 is 27.5 Å². The van der Waals surface area contributed by atoms with Crippen molar-refractivity contribution < 1.29 is 0 Å². The maximum atomic E-state index is 5.98. The molecule has 19 heavy (non-hydrogen) atoms. The molecule has 0 bridgehead atoms. The molecular weight excluding hydrogens is 324 g/mol. The molecule has 0 aliphatic carbocycles. The van der Waals surface area contributed by atoms with E-state index >= 15 is 0 Å². The van der Waals surface area contributed by atoms with E-state index in [0.717, 1.165) is 28.2 Å². The summed E-state index contributed by atoms with van der Waals surface area (Å²) in [5.74, 6) is 0. The fourth-order valence-electron chi connectivity index (χ4n) is 1.88. The summed E-state index contributed by atoms with van der Waals surface area (Å²) in [6.45, 7) is 2.94. The largest absolute Gasteiger partial charge is 0.308 e. The topological polar surface area (TPSA) is 24.9 Å². The first-order valence-electron chi connectivity index (χ1n) is 6.22. The predicted molar refractivity (Wildman–Crippen MR) is 83.4 cm³/mol. The third kappa shape index (κ3) is 4.94. The molecule has 0 aliphatic heterocycles. The lowest BCUT2D eigenvalue weighted by molar-refractivity contribution is 0.540. The van der Waals surface area contributed by atoms with Crippen LogP contribution in [0.25, 0.3) is 0 Å². The molecule has 0 fully saturated rings. The summed E-state index contributed by atoms with van der Waals surface area (Å²) in [5, 5.41) is 4.26. The molecule has 4 heteroatoms. The van der Waals surface area contributed by atoms with Crippen molar-refractivity contribution in [2.45, 2.75) is 25.9 Å². The Morgan fingerprint density at radius 3 is 2.84 bits per heavy atom. The van der Waals surface area contributed by atoms with E-state index in [1.165, 1.54) is 5.56 Å². The number of pyridine rings is 1. The quantitative estimate of drug-likeness (QED) is 0.882. The first kappa shape index (κ1) is 14.5. The molecule has 0 spiro atoms. The fraction of sp³-hybridized carbons (Fsp3) is 0.267. The summed E-state index contributed by atoms with van der Waals surface area (Å²) in [7, 11) is 0. The average Bonchev–Trinajstić information content (AvgIpc) is 2.38. The summed E-state index contributed by atoms with van der Waals surface area (Å²) in [4.78, 5) is 4.34. The highest BCUT2D eigenvalue weighted by Crippen LogP contribution is 2.12. The van der Waals surface area contributed by atoms with Crippen molar-refractivity contribution in [2.24, 2.45) is 0 Å². The molecule has 0 saturated heterocycles. The van der Waals surface area contributed by atoms with Gasteiger partial charge in [-0.3, -0.25) is 4.98 Å². The smallest absolute Gasteiger partial charge is 0.0542 e. The molecule has 1 heterocycles. The van der Waals surface area contributed by atoms with Gasteiger partial charge in [-0.15, -0.1) is 0 Å². The molecule has 0 aliphatic rings. The SMILES string of the molecule is CC(Cc1cccc(Cl)c1)NCc1ccc(Br)cn1. The van der Waals surface area contributed by atoms with Gasteiger partial charge in [-0.05, 0) is 59.1 Å². The summed E-state index contributed by atoms with van der Waals surface area (Å²) in [6, 6.07) is 12.4. The second-order valence-electron chi connectivity index (χ2n) is 4.58. The molecule has 0 radical (unpaired) electrons. The summed E-state index contributed by atoms with van der Waals surface area (Å²) in [6.07, 6.45) is 2.77. The maximum Gasteiger partial charge on any atom is 0.0542 e. The van der Waals surface area contributed by atoms with Crippen LogP contribution in [0.2, 0.25) is 5.02 Å². The molecule has 1 N–H and O–H groups in total. The van der Waals surface area contributed by atoms with Gasteiger partial charge in [0.25, 0.3) is 0 Å². The Kier molecular flexibility index (Phi) is 5.37. The molecule has 1 aromatic carbocycles. The van der Waals surface area contributed by atoms with E-state index in [1.807, 2.05) is 36.5 Å². The summed E-state index contributed by atoms with van der Waals surface area (Å²) in [5.41, 5.74) is 2.29. The Labute approximate surface area is 127 Å². The number of halogens is 2. The molecule has 2 nitrogen and oxygen atoms in total. The Bertz CT molecular complexity index is 528. The van der Waals surface area contributed by atoms with E-state index in [0.29, 0.717) is 6.04 Å². The van der Waals surface area contributed by atoms with Crippen LogP contribution in [0.3, 0.4) is 0 Å². The van der Waals surface area contributed by atoms with Crippen molar-refractivity contribution in [1.29, 1.82) is 0 Å². The standard InChI is InChI=1S/C15H16BrClN2/c1-11(7-12-3-2-4-14(17)8-12)18-10-15-6-5-13(16)9-19-15/h2-6,8-9,11,18H,7,10H2,1H3. The van der Waals surface area contributed by atoms with E-state index in [4.69, 9.17) is 11.6 Å². The van der Waals surface area contributed by atoms with Crippen molar-refractivity contribution >= 4 is 27.5 Å². The van der Waals surface area contributed by atoms with Crippen LogP contribution in [-0.2, 0) is 13.0 Å². The van der Waals surface area contributed by atoms with Gasteiger partial charge in [0.1, 0.15) is 0 Å². The third-order valence-electron chi connectivity index (χ3n) is 2.85. The molecular formula is C15H16BrClN2. The molecule has 0 amide bonds. The Balaban J connectivity index is 1.84. The second-order valence-corrected chi connectivity index (χ2v) is 5.94. The molecule has 1 atom stereocenters. The van der Waals surface area contributed by atoms with E-state index in [1.54, 1.807) is 0 Å². The molecule has 2 aromatic rings. The van der Waals surface area contributed by atoms with E-state index in [9.17, 15) is 0 Å². The van der Waals surface area contributed by atoms with Crippen molar-refractivity contribution in [3.63, 3.8) is 0 Å². The van der Waals surface area contributed by atoms with Gasteiger partial charge in [0.15, 0.2) is 0 Å². The van der Waals surface area contributed by atoms with Crippen molar-refractivity contribution in [3.8, 4) is 0 Å². The first-order chi connectivity index (χ1) is 9.13. The van der Waals surface area contributed by atoms with Crippen LogP contribution < -0.4 is 5.32 Å². The van der Waals surface area contributed by atoms with E-state index in [2.05, 4.69) is 39.2 Å². The lowest BCUT2D eigenvalue weighted by Crippen LogP contribution is -2.27. The Morgan fingerprint density at radius 2 is 2.16 bits per heavy atom. The Morgan fingerprint density at radius 1 is 1.32 bits per heavy atom. The fourth-order valence-corrected chi connectivity index (χ4v) is 2.33. The highest BCUT2D eigenvalue weighted by Gasteiger charge is 2.04. The number of hydrogen-bond donors (Lipinski definition) is 1. The maximum absolute atomic E-state index is 5.98. The van der Waals surface area contributed by atoms with Crippen LogP contribution in [-0.4, -0.2) is 11.0 Å². The van der Waals surface area contributed by atoms with Crippen molar-refractivity contribution in [2.75, 3.05) is 0 Å². The van der Waals surface area contributed by atoms with Gasteiger partial charge in [-0.2, -0.15) is 0 Å². The van der Waals surface area contributed by atoms with Gasteiger partial charge < -0.3 is 5.32 Å². The first-order valence-corrected chi connectivity index (χ1v) is 7.39. The van der Waals surface area contributed by atoms with Crippen molar-refractivity contribution in [1.82, 2.24) is 10.3 Å². The van der Waals surface area contributed by atoms with E-state index in [-0.39, 0.29) is 0 Å². The van der Waals surface area contributed by atoms with Crippen LogP contribution in [0.1, 0.15) is 18.2 Å². The molecule has 2 rings (SSSR count). The number of rotatable bonds is 5. The molecule has 0 saturated carbocycles. The van der Waals surface area contributed by atoms with Crippen molar-refractivity contribution in [3.05, 3.63) is 63.3 Å². The number of benzene rings is 1. The lowest BCUT2D eigenvalue weighted by Gasteiger charge is -2.13. The van der Waals surface area contributed by atoms with Crippen LogP contribution in [0.15, 0.2) is 47.1 Å². The third-order valence-corrected chi connectivity index (χ3v) is 3.56. The van der Waals surface area contributed by atoms with Gasteiger partial charge >= 0.3 is 0 Å². The molecule has 1 unspecified atom stereocenters. The van der Waals surface area contributed by atoms with Crippen LogP contribution in [0, 0.1) is 0 Å². The number of hydrogen-bond acceptors (Lipinski definition) is 2. The zero-order valence-corrected chi connectivity index (χ0v) is 13.1. The van der Waals surface area contributed by atoms with Crippen LogP contribution in [0.5, 0.6) is 0 Å². The minimum absolute atomic E-state index is 0.379. The van der Waals surface area contributed by atoms with Gasteiger partial charge in [0.05, 0.1) is 5.69 Å². The van der Waals surface area contributed by atoms with Gasteiger partial charge in [-0.25, -0.2) is 0 Å². The van der Waals surface area contributed by atoms with Crippen LogP contribution in [0.4, 0.5) is 0 Å². The minimum atomic E-state index is 0.379. The minimum Gasteiger partial charge on any atom is -0.308 e. The Hall–Kier alpha value is -0.900. The average molecular weight is 340 g/mol. The summed E-state index contributed by atoms with van der Waals surface area (Å²) < 4.78 is 1.00. The van der Waals surface area contributed by atoms with Gasteiger partial charge in [0.2, 0.25) is 0 Å². The number of aromatic nitrogens is 1. The monoisotopic (exact) mass is 338 g/mol. The van der Waals surface area contributed by atoms with E-state index < -0.39 is 0 Å². The number of nitrogens with one attached hydrogen (secondary N) is 1. The summed E-state index contributed by atoms with van der Waals surface area (Å²) >= 11 is 9.36. The highest BCUT2D eigenvalue weighted by atomic mass is 79.9. The lowest BCUT2D eigenvalue weighted by atomic mass is 10.1. The second kappa shape index (κ2) is 7.04. The zero-order valence-electron chi connectivity index (χ0n) is 10.7. The molecule has 1 aromatic heterocycles. The molecule has 100 valence electrons.